The van der Waals surface area contributed by atoms with Crippen molar-refractivity contribution in [1.29, 1.82) is 0 Å². The third-order valence-electron chi connectivity index (χ3n) is 4.59. The fourth-order valence-corrected chi connectivity index (χ4v) is 4.10. The predicted molar refractivity (Wildman–Crippen MR) is 95.8 cm³/mol. The van der Waals surface area contributed by atoms with E-state index in [1.807, 2.05) is 17.5 Å². The van der Waals surface area contributed by atoms with E-state index in [0.29, 0.717) is 6.54 Å². The molecular formula is C19H22N2O2S. The average Bonchev–Trinajstić information content (AvgIpc) is 3.18. The van der Waals surface area contributed by atoms with Gasteiger partial charge in [-0.2, -0.15) is 0 Å². The Balaban J connectivity index is 1.61. The second-order valence-electron chi connectivity index (χ2n) is 6.30. The number of carbonyl (C=O) groups excluding carboxylic acids is 2. The summed E-state index contributed by atoms with van der Waals surface area (Å²) >= 11 is 1.60. The van der Waals surface area contributed by atoms with Gasteiger partial charge in [0.1, 0.15) is 0 Å². The summed E-state index contributed by atoms with van der Waals surface area (Å²) < 4.78 is 0. The molecule has 126 valence electrons. The van der Waals surface area contributed by atoms with Gasteiger partial charge in [0, 0.05) is 24.9 Å². The Morgan fingerprint density at radius 1 is 1.29 bits per heavy atom. The first-order valence-electron chi connectivity index (χ1n) is 8.18. The van der Waals surface area contributed by atoms with Gasteiger partial charge in [0.05, 0.1) is 12.0 Å². The summed E-state index contributed by atoms with van der Waals surface area (Å²) in [5.41, 5.74) is 2.43. The molecule has 4 nitrogen and oxygen atoms in total. The normalized spacial score (nSPS) is 20.4. The monoisotopic (exact) mass is 342 g/mol. The number of thiophene rings is 1. The number of nitrogens with one attached hydrogen (secondary N) is 1. The van der Waals surface area contributed by atoms with Crippen LogP contribution in [0.5, 0.6) is 0 Å². The highest BCUT2D eigenvalue weighted by molar-refractivity contribution is 7.10. The number of nitrogens with zero attached hydrogens (tertiary/aromatic N) is 1. The van der Waals surface area contributed by atoms with Crippen LogP contribution in [0, 0.1) is 12.8 Å². The van der Waals surface area contributed by atoms with E-state index in [1.54, 1.807) is 23.3 Å². The number of benzene rings is 1. The highest BCUT2D eigenvalue weighted by Gasteiger charge is 2.42. The van der Waals surface area contributed by atoms with E-state index in [2.05, 4.69) is 36.5 Å². The molecule has 1 aliphatic rings. The van der Waals surface area contributed by atoms with Crippen LogP contribution in [-0.2, 0) is 16.0 Å². The maximum atomic E-state index is 12.6. The van der Waals surface area contributed by atoms with Crippen LogP contribution in [0.2, 0.25) is 0 Å². The van der Waals surface area contributed by atoms with Gasteiger partial charge in [0.25, 0.3) is 0 Å². The summed E-state index contributed by atoms with van der Waals surface area (Å²) in [5, 5.41) is 4.99. The molecule has 2 aromatic rings. The highest BCUT2D eigenvalue weighted by Crippen LogP contribution is 2.38. The van der Waals surface area contributed by atoms with Gasteiger partial charge < -0.3 is 10.2 Å². The molecular weight excluding hydrogens is 320 g/mol. The van der Waals surface area contributed by atoms with E-state index in [-0.39, 0.29) is 30.2 Å². The third-order valence-corrected chi connectivity index (χ3v) is 5.53. The van der Waals surface area contributed by atoms with Crippen molar-refractivity contribution in [3.8, 4) is 0 Å². The summed E-state index contributed by atoms with van der Waals surface area (Å²) in [5.74, 6) is -0.301. The smallest absolute Gasteiger partial charge is 0.226 e. The summed E-state index contributed by atoms with van der Waals surface area (Å²) in [7, 11) is 1.78. The SMILES string of the molecule is Cc1ccc(CCNC(=O)[C@@H]2CC(=O)N(C)[C@H]2c2cccs2)cc1. The Morgan fingerprint density at radius 2 is 2.04 bits per heavy atom. The van der Waals surface area contributed by atoms with Crippen LogP contribution in [0.15, 0.2) is 41.8 Å². The lowest BCUT2D eigenvalue weighted by Gasteiger charge is -2.23. The maximum absolute atomic E-state index is 12.6. The summed E-state index contributed by atoms with van der Waals surface area (Å²) in [6, 6.07) is 12.1. The number of rotatable bonds is 5. The zero-order chi connectivity index (χ0) is 17.1. The van der Waals surface area contributed by atoms with Crippen molar-refractivity contribution >= 4 is 23.2 Å². The lowest BCUT2D eigenvalue weighted by atomic mass is 9.98. The molecule has 2 atom stereocenters. The highest BCUT2D eigenvalue weighted by atomic mass is 32.1. The fourth-order valence-electron chi connectivity index (χ4n) is 3.17. The van der Waals surface area contributed by atoms with Crippen LogP contribution in [0.1, 0.15) is 28.5 Å². The number of hydrogen-bond acceptors (Lipinski definition) is 3. The Kier molecular flexibility index (Phi) is 5.00. The molecule has 5 heteroatoms. The summed E-state index contributed by atoms with van der Waals surface area (Å²) in [4.78, 5) is 27.4. The molecule has 0 bridgehead atoms. The predicted octanol–water partition coefficient (Wildman–Crippen LogP) is 2.93. The van der Waals surface area contributed by atoms with Crippen molar-refractivity contribution in [2.75, 3.05) is 13.6 Å². The molecule has 0 spiro atoms. The first-order chi connectivity index (χ1) is 11.6. The quantitative estimate of drug-likeness (QED) is 0.908. The molecule has 0 unspecified atom stereocenters. The van der Waals surface area contributed by atoms with E-state index >= 15 is 0 Å². The van der Waals surface area contributed by atoms with Crippen molar-refractivity contribution in [1.82, 2.24) is 10.2 Å². The minimum atomic E-state index is -0.306. The van der Waals surface area contributed by atoms with Gasteiger partial charge in [-0.25, -0.2) is 0 Å². The van der Waals surface area contributed by atoms with Gasteiger partial charge in [-0.05, 0) is 30.4 Å². The molecule has 1 N–H and O–H groups in total. The minimum absolute atomic E-state index is 0.0294. The van der Waals surface area contributed by atoms with Gasteiger partial charge in [0.2, 0.25) is 11.8 Å². The molecule has 1 aromatic carbocycles. The largest absolute Gasteiger partial charge is 0.355 e. The van der Waals surface area contributed by atoms with Gasteiger partial charge in [-0.15, -0.1) is 11.3 Å². The summed E-state index contributed by atoms with van der Waals surface area (Å²) in [6.45, 7) is 2.65. The standard InChI is InChI=1S/C19H22N2O2S/c1-13-5-7-14(8-6-13)9-10-20-19(23)15-12-17(22)21(2)18(15)16-4-3-11-24-16/h3-8,11,15,18H,9-10,12H2,1-2H3,(H,20,23)/t15-,18-/m1/s1. The number of carbonyl (C=O) groups is 2. The van der Waals surface area contributed by atoms with Crippen molar-refractivity contribution in [3.05, 3.63) is 57.8 Å². The third kappa shape index (κ3) is 3.51. The molecule has 1 aromatic heterocycles. The zero-order valence-electron chi connectivity index (χ0n) is 14.0. The topological polar surface area (TPSA) is 49.4 Å². The molecule has 1 aliphatic heterocycles. The van der Waals surface area contributed by atoms with Crippen molar-refractivity contribution < 1.29 is 9.59 Å². The van der Waals surface area contributed by atoms with Gasteiger partial charge in [-0.3, -0.25) is 9.59 Å². The first kappa shape index (κ1) is 16.7. The van der Waals surface area contributed by atoms with Crippen molar-refractivity contribution in [2.45, 2.75) is 25.8 Å². The van der Waals surface area contributed by atoms with Crippen LogP contribution < -0.4 is 5.32 Å². The lowest BCUT2D eigenvalue weighted by Crippen LogP contribution is -2.35. The lowest BCUT2D eigenvalue weighted by molar-refractivity contribution is -0.128. The summed E-state index contributed by atoms with van der Waals surface area (Å²) in [6.07, 6.45) is 1.08. The molecule has 1 saturated heterocycles. The van der Waals surface area contributed by atoms with E-state index in [0.717, 1.165) is 11.3 Å². The maximum Gasteiger partial charge on any atom is 0.226 e. The fraction of sp³-hybridized carbons (Fsp3) is 0.368. The van der Waals surface area contributed by atoms with Crippen molar-refractivity contribution in [3.63, 3.8) is 0 Å². The molecule has 2 amide bonds. The van der Waals surface area contributed by atoms with Crippen LogP contribution in [0.4, 0.5) is 0 Å². The van der Waals surface area contributed by atoms with Gasteiger partial charge in [-0.1, -0.05) is 35.9 Å². The van der Waals surface area contributed by atoms with Gasteiger partial charge >= 0.3 is 0 Å². The van der Waals surface area contributed by atoms with Crippen LogP contribution in [0.25, 0.3) is 0 Å². The second kappa shape index (κ2) is 7.18. The Morgan fingerprint density at radius 3 is 2.71 bits per heavy atom. The van der Waals surface area contributed by atoms with E-state index in [9.17, 15) is 9.59 Å². The van der Waals surface area contributed by atoms with E-state index in [4.69, 9.17) is 0 Å². The molecule has 0 radical (unpaired) electrons. The first-order valence-corrected chi connectivity index (χ1v) is 9.06. The van der Waals surface area contributed by atoms with Crippen LogP contribution in [0.3, 0.4) is 0 Å². The van der Waals surface area contributed by atoms with Crippen LogP contribution >= 0.6 is 11.3 Å². The van der Waals surface area contributed by atoms with E-state index in [1.165, 1.54) is 11.1 Å². The molecule has 0 saturated carbocycles. The number of hydrogen-bond donors (Lipinski definition) is 1. The Bertz CT molecular complexity index is 709. The number of amides is 2. The molecule has 2 heterocycles. The molecule has 0 aliphatic carbocycles. The van der Waals surface area contributed by atoms with E-state index < -0.39 is 0 Å². The Hall–Kier alpha value is -2.14. The zero-order valence-corrected chi connectivity index (χ0v) is 14.8. The molecule has 24 heavy (non-hydrogen) atoms. The number of likely N-dealkylation sites (tertiary alicyclic amines) is 1. The Labute approximate surface area is 146 Å². The van der Waals surface area contributed by atoms with Crippen molar-refractivity contribution in [2.24, 2.45) is 5.92 Å². The number of aryl methyl sites for hydroxylation is 1. The molecule has 3 rings (SSSR count). The average molecular weight is 342 g/mol. The minimum Gasteiger partial charge on any atom is -0.355 e. The van der Waals surface area contributed by atoms with Gasteiger partial charge in [0.15, 0.2) is 0 Å². The molecule has 1 fully saturated rings. The van der Waals surface area contributed by atoms with Crippen LogP contribution in [-0.4, -0.2) is 30.3 Å². The second-order valence-corrected chi connectivity index (χ2v) is 7.28.